The molecular formula is C11H15NO3. The van der Waals surface area contributed by atoms with E-state index in [1.165, 1.54) is 7.11 Å². The van der Waals surface area contributed by atoms with Crippen molar-refractivity contribution in [3.63, 3.8) is 0 Å². The minimum Gasteiger partial charge on any atom is -0.492 e. The van der Waals surface area contributed by atoms with Gasteiger partial charge >= 0.3 is 5.97 Å². The van der Waals surface area contributed by atoms with Crippen LogP contribution < -0.4 is 10.5 Å². The first-order chi connectivity index (χ1) is 7.19. The van der Waals surface area contributed by atoms with Gasteiger partial charge in [-0.25, -0.2) is 4.79 Å². The van der Waals surface area contributed by atoms with Crippen molar-refractivity contribution >= 4 is 5.97 Å². The summed E-state index contributed by atoms with van der Waals surface area (Å²) in [6, 6.07) is 5.15. The summed E-state index contributed by atoms with van der Waals surface area (Å²) in [4.78, 5) is 11.2. The smallest absolute Gasteiger partial charge is 0.337 e. The van der Waals surface area contributed by atoms with E-state index in [0.717, 1.165) is 11.3 Å². The molecule has 15 heavy (non-hydrogen) atoms. The van der Waals surface area contributed by atoms with E-state index in [9.17, 15) is 4.79 Å². The molecule has 0 spiro atoms. The fourth-order valence-electron chi connectivity index (χ4n) is 1.23. The molecule has 1 aromatic carbocycles. The number of nitrogens with two attached hydrogens (primary N) is 1. The minimum atomic E-state index is -0.344. The Balaban J connectivity index is 2.83. The fourth-order valence-corrected chi connectivity index (χ4v) is 1.23. The number of esters is 1. The van der Waals surface area contributed by atoms with Gasteiger partial charge in [0.1, 0.15) is 12.4 Å². The molecule has 0 atom stereocenters. The van der Waals surface area contributed by atoms with Crippen molar-refractivity contribution in [2.45, 2.75) is 6.92 Å². The van der Waals surface area contributed by atoms with Crippen molar-refractivity contribution in [2.75, 3.05) is 20.3 Å². The lowest BCUT2D eigenvalue weighted by Crippen LogP contribution is -2.11. The lowest BCUT2D eigenvalue weighted by atomic mass is 10.1. The SMILES string of the molecule is COC(=O)c1ccc(OCCN)c(C)c1. The van der Waals surface area contributed by atoms with Gasteiger partial charge in [-0.2, -0.15) is 0 Å². The van der Waals surface area contributed by atoms with Crippen molar-refractivity contribution in [2.24, 2.45) is 5.73 Å². The van der Waals surface area contributed by atoms with Crippen LogP contribution in [-0.2, 0) is 4.74 Å². The lowest BCUT2D eigenvalue weighted by Gasteiger charge is -2.08. The van der Waals surface area contributed by atoms with Crippen molar-refractivity contribution in [3.8, 4) is 5.75 Å². The molecule has 0 unspecified atom stereocenters. The van der Waals surface area contributed by atoms with Crippen molar-refractivity contribution < 1.29 is 14.3 Å². The predicted molar refractivity (Wildman–Crippen MR) is 57.1 cm³/mol. The molecule has 0 radical (unpaired) electrons. The maximum absolute atomic E-state index is 11.2. The second-order valence-corrected chi connectivity index (χ2v) is 3.11. The van der Waals surface area contributed by atoms with Gasteiger partial charge in [-0.3, -0.25) is 0 Å². The van der Waals surface area contributed by atoms with Gasteiger partial charge in [-0.05, 0) is 30.7 Å². The number of ether oxygens (including phenoxy) is 2. The highest BCUT2D eigenvalue weighted by Crippen LogP contribution is 2.19. The second kappa shape index (κ2) is 5.36. The van der Waals surface area contributed by atoms with Gasteiger partial charge in [0.2, 0.25) is 0 Å². The first-order valence-electron chi connectivity index (χ1n) is 4.71. The topological polar surface area (TPSA) is 61.5 Å². The number of hydrogen-bond donors (Lipinski definition) is 1. The van der Waals surface area contributed by atoms with E-state index < -0.39 is 0 Å². The van der Waals surface area contributed by atoms with Crippen molar-refractivity contribution in [1.29, 1.82) is 0 Å². The Morgan fingerprint density at radius 1 is 1.47 bits per heavy atom. The molecule has 0 saturated heterocycles. The van der Waals surface area contributed by atoms with Crippen LogP contribution in [0.1, 0.15) is 15.9 Å². The Hall–Kier alpha value is -1.55. The van der Waals surface area contributed by atoms with Crippen LogP contribution in [-0.4, -0.2) is 26.2 Å². The van der Waals surface area contributed by atoms with Crippen molar-refractivity contribution in [3.05, 3.63) is 29.3 Å². The minimum absolute atomic E-state index is 0.344. The quantitative estimate of drug-likeness (QED) is 0.755. The Bertz CT molecular complexity index is 350. The van der Waals surface area contributed by atoms with Gasteiger partial charge in [0.25, 0.3) is 0 Å². The molecule has 0 saturated carbocycles. The molecule has 0 heterocycles. The zero-order chi connectivity index (χ0) is 11.3. The summed E-state index contributed by atoms with van der Waals surface area (Å²) in [6.07, 6.45) is 0. The van der Waals surface area contributed by atoms with Crippen molar-refractivity contribution in [1.82, 2.24) is 0 Å². The maximum Gasteiger partial charge on any atom is 0.337 e. The zero-order valence-electron chi connectivity index (χ0n) is 8.95. The van der Waals surface area contributed by atoms with Crippen LogP contribution in [0.5, 0.6) is 5.75 Å². The number of carbonyl (C=O) groups excluding carboxylic acids is 1. The Labute approximate surface area is 89.0 Å². The van der Waals surface area contributed by atoms with Gasteiger partial charge in [-0.1, -0.05) is 0 Å². The standard InChI is InChI=1S/C11H15NO3/c1-8-7-9(11(13)14-2)3-4-10(8)15-6-5-12/h3-4,7H,5-6,12H2,1-2H3. The maximum atomic E-state index is 11.2. The monoisotopic (exact) mass is 209 g/mol. The van der Waals surface area contributed by atoms with Crippen LogP contribution in [0, 0.1) is 6.92 Å². The van der Waals surface area contributed by atoms with Crippen LogP contribution in [0.3, 0.4) is 0 Å². The highest BCUT2D eigenvalue weighted by Gasteiger charge is 2.07. The van der Waals surface area contributed by atoms with Gasteiger partial charge in [0.05, 0.1) is 12.7 Å². The van der Waals surface area contributed by atoms with Gasteiger partial charge in [-0.15, -0.1) is 0 Å². The van der Waals surface area contributed by atoms with E-state index in [2.05, 4.69) is 4.74 Å². The number of aryl methyl sites for hydroxylation is 1. The third-order valence-corrected chi connectivity index (χ3v) is 1.97. The molecule has 0 bridgehead atoms. The summed E-state index contributed by atoms with van der Waals surface area (Å²) in [5, 5.41) is 0. The summed E-state index contributed by atoms with van der Waals surface area (Å²) in [5.41, 5.74) is 6.74. The first kappa shape index (κ1) is 11.5. The van der Waals surface area contributed by atoms with E-state index in [-0.39, 0.29) is 5.97 Å². The predicted octanol–water partition coefficient (Wildman–Crippen LogP) is 1.12. The van der Waals surface area contributed by atoms with Crippen LogP contribution in [0.2, 0.25) is 0 Å². The molecule has 1 rings (SSSR count). The van der Waals surface area contributed by atoms with Crippen LogP contribution in [0.4, 0.5) is 0 Å². The number of benzene rings is 1. The third kappa shape index (κ3) is 2.95. The molecule has 1 aromatic rings. The van der Waals surface area contributed by atoms with Gasteiger partial charge in [0.15, 0.2) is 0 Å². The van der Waals surface area contributed by atoms with E-state index in [1.807, 2.05) is 6.92 Å². The largest absolute Gasteiger partial charge is 0.492 e. The average molecular weight is 209 g/mol. The summed E-state index contributed by atoms with van der Waals surface area (Å²) in [7, 11) is 1.36. The third-order valence-electron chi connectivity index (χ3n) is 1.97. The number of hydrogen-bond acceptors (Lipinski definition) is 4. The molecule has 0 fully saturated rings. The summed E-state index contributed by atoms with van der Waals surface area (Å²) >= 11 is 0. The molecule has 0 amide bonds. The summed E-state index contributed by atoms with van der Waals surface area (Å²) in [6.45, 7) is 2.81. The van der Waals surface area contributed by atoms with E-state index in [0.29, 0.717) is 18.7 Å². The molecule has 0 aromatic heterocycles. The van der Waals surface area contributed by atoms with Crippen LogP contribution >= 0.6 is 0 Å². The average Bonchev–Trinajstić information content (AvgIpc) is 2.26. The molecule has 0 aliphatic heterocycles. The van der Waals surface area contributed by atoms with Crippen LogP contribution in [0.15, 0.2) is 18.2 Å². The molecule has 82 valence electrons. The van der Waals surface area contributed by atoms with E-state index in [4.69, 9.17) is 10.5 Å². The highest BCUT2D eigenvalue weighted by molar-refractivity contribution is 5.89. The van der Waals surface area contributed by atoms with Crippen LogP contribution in [0.25, 0.3) is 0 Å². The van der Waals surface area contributed by atoms with E-state index in [1.54, 1.807) is 18.2 Å². The molecule has 4 nitrogen and oxygen atoms in total. The number of methoxy groups -OCH3 is 1. The number of carbonyl (C=O) groups is 1. The summed E-state index contributed by atoms with van der Waals surface area (Å²) in [5.74, 6) is 0.400. The number of rotatable bonds is 4. The second-order valence-electron chi connectivity index (χ2n) is 3.11. The molecular weight excluding hydrogens is 194 g/mol. The lowest BCUT2D eigenvalue weighted by molar-refractivity contribution is 0.0600. The van der Waals surface area contributed by atoms with E-state index >= 15 is 0 Å². The molecule has 4 heteroatoms. The first-order valence-corrected chi connectivity index (χ1v) is 4.71. The Morgan fingerprint density at radius 3 is 2.73 bits per heavy atom. The Kier molecular flexibility index (Phi) is 4.12. The molecule has 0 aliphatic carbocycles. The van der Waals surface area contributed by atoms with Gasteiger partial charge < -0.3 is 15.2 Å². The summed E-state index contributed by atoms with van der Waals surface area (Å²) < 4.78 is 9.99. The molecule has 0 aliphatic rings. The van der Waals surface area contributed by atoms with Gasteiger partial charge in [0, 0.05) is 6.54 Å². The fraction of sp³-hybridized carbons (Fsp3) is 0.364. The highest BCUT2D eigenvalue weighted by atomic mass is 16.5. The normalized spacial score (nSPS) is 9.80. The Morgan fingerprint density at radius 2 is 2.20 bits per heavy atom. The zero-order valence-corrected chi connectivity index (χ0v) is 8.95. The molecule has 2 N–H and O–H groups in total.